The quantitative estimate of drug-likeness (QED) is 0.763. The van der Waals surface area contributed by atoms with Crippen molar-refractivity contribution in [2.45, 2.75) is 19.3 Å². The molecule has 0 aromatic heterocycles. The van der Waals surface area contributed by atoms with Gasteiger partial charge in [0, 0.05) is 19.8 Å². The number of amides is 1. The van der Waals surface area contributed by atoms with Crippen LogP contribution in [0.2, 0.25) is 0 Å². The largest absolute Gasteiger partial charge is 0.481 e. The smallest absolute Gasteiger partial charge is 0.307 e. The number of rotatable bonds is 5. The Labute approximate surface area is 107 Å². The van der Waals surface area contributed by atoms with E-state index in [0.717, 1.165) is 12.7 Å². The molecule has 0 radical (unpaired) electrons. The molecule has 2 atom stereocenters. The van der Waals surface area contributed by atoms with E-state index in [2.05, 4.69) is 0 Å². The van der Waals surface area contributed by atoms with Crippen molar-refractivity contribution in [3.8, 4) is 0 Å². The first-order valence-electron chi connectivity index (χ1n) is 5.88. The van der Waals surface area contributed by atoms with E-state index in [1.807, 2.05) is 0 Å². The Morgan fingerprint density at radius 3 is 2.33 bits per heavy atom. The zero-order valence-corrected chi connectivity index (χ0v) is 11.4. The predicted octanol–water partition coefficient (Wildman–Crippen LogP) is -0.00970. The van der Waals surface area contributed by atoms with Crippen LogP contribution >= 0.6 is 0 Å². The van der Waals surface area contributed by atoms with E-state index >= 15 is 0 Å². The van der Waals surface area contributed by atoms with Gasteiger partial charge >= 0.3 is 5.97 Å². The molecule has 0 aromatic carbocycles. The van der Waals surface area contributed by atoms with Crippen LogP contribution in [-0.2, 0) is 19.4 Å². The highest BCUT2D eigenvalue weighted by molar-refractivity contribution is 7.90. The molecule has 1 fully saturated rings. The number of aliphatic carboxylic acids is 1. The van der Waals surface area contributed by atoms with Gasteiger partial charge in [-0.05, 0) is 12.8 Å². The van der Waals surface area contributed by atoms with E-state index in [9.17, 15) is 18.0 Å². The fourth-order valence-electron chi connectivity index (χ4n) is 2.25. The van der Waals surface area contributed by atoms with Crippen LogP contribution in [0, 0.1) is 11.8 Å². The van der Waals surface area contributed by atoms with Crippen molar-refractivity contribution < 1.29 is 23.1 Å². The van der Waals surface area contributed by atoms with Crippen LogP contribution in [0.5, 0.6) is 0 Å². The normalized spacial score (nSPS) is 23.9. The highest BCUT2D eigenvalue weighted by atomic mass is 32.2. The third-order valence-corrected chi connectivity index (χ3v) is 4.25. The average Bonchev–Trinajstić information content (AvgIpc) is 2.72. The first kappa shape index (κ1) is 14.9. The lowest BCUT2D eigenvalue weighted by Gasteiger charge is -2.23. The molecule has 0 bridgehead atoms. The Bertz CT molecular complexity index is 431. The molecule has 0 aliphatic heterocycles. The fourth-order valence-corrected chi connectivity index (χ4v) is 2.85. The minimum atomic E-state index is -3.12. The number of carbonyl (C=O) groups excluding carboxylic acids is 1. The van der Waals surface area contributed by atoms with Gasteiger partial charge in [0.25, 0.3) is 0 Å². The Morgan fingerprint density at radius 2 is 1.83 bits per heavy atom. The summed E-state index contributed by atoms with van der Waals surface area (Å²) in [6.07, 6.45) is 2.93. The van der Waals surface area contributed by atoms with Crippen LogP contribution in [0.4, 0.5) is 0 Å². The summed E-state index contributed by atoms with van der Waals surface area (Å²) >= 11 is 0. The molecule has 1 aliphatic rings. The number of carboxylic acids is 1. The maximum Gasteiger partial charge on any atom is 0.307 e. The Hall–Kier alpha value is -1.11. The lowest BCUT2D eigenvalue weighted by atomic mass is 9.95. The van der Waals surface area contributed by atoms with Gasteiger partial charge in [0.15, 0.2) is 0 Å². The number of hydrogen-bond donors (Lipinski definition) is 1. The predicted molar refractivity (Wildman–Crippen MR) is 65.8 cm³/mol. The number of carbonyl (C=O) groups is 2. The zero-order chi connectivity index (χ0) is 13.9. The maximum absolute atomic E-state index is 12.0. The molecule has 18 heavy (non-hydrogen) atoms. The van der Waals surface area contributed by atoms with Crippen molar-refractivity contribution in [2.75, 3.05) is 25.6 Å². The molecule has 6 nitrogen and oxygen atoms in total. The molecule has 7 heteroatoms. The van der Waals surface area contributed by atoms with E-state index in [1.54, 1.807) is 0 Å². The second kappa shape index (κ2) is 5.69. The van der Waals surface area contributed by atoms with Crippen LogP contribution in [0.15, 0.2) is 0 Å². The van der Waals surface area contributed by atoms with Gasteiger partial charge in [-0.1, -0.05) is 6.42 Å². The van der Waals surface area contributed by atoms with Crippen molar-refractivity contribution in [3.63, 3.8) is 0 Å². The van der Waals surface area contributed by atoms with Gasteiger partial charge in [-0.15, -0.1) is 0 Å². The molecular formula is C11H19NO5S. The summed E-state index contributed by atoms with van der Waals surface area (Å²) in [5.74, 6) is -2.43. The highest BCUT2D eigenvalue weighted by Gasteiger charge is 2.38. The Balaban J connectivity index is 2.60. The number of carboxylic acid groups (broad SMARTS) is 1. The third kappa shape index (κ3) is 3.97. The van der Waals surface area contributed by atoms with Gasteiger partial charge in [-0.3, -0.25) is 9.59 Å². The number of nitrogens with zero attached hydrogens (tertiary/aromatic N) is 1. The lowest BCUT2D eigenvalue weighted by molar-refractivity contribution is -0.148. The van der Waals surface area contributed by atoms with E-state index in [0.29, 0.717) is 12.8 Å². The van der Waals surface area contributed by atoms with Crippen LogP contribution in [0.1, 0.15) is 19.3 Å². The number of hydrogen-bond acceptors (Lipinski definition) is 4. The van der Waals surface area contributed by atoms with Gasteiger partial charge in [0.1, 0.15) is 9.84 Å². The molecule has 0 unspecified atom stereocenters. The van der Waals surface area contributed by atoms with Crippen molar-refractivity contribution in [1.82, 2.24) is 4.90 Å². The molecule has 0 spiro atoms. The van der Waals surface area contributed by atoms with Gasteiger partial charge in [-0.25, -0.2) is 8.42 Å². The summed E-state index contributed by atoms with van der Waals surface area (Å²) in [4.78, 5) is 24.4. The third-order valence-electron chi connectivity index (χ3n) is 3.32. The van der Waals surface area contributed by atoms with Crippen LogP contribution in [0.25, 0.3) is 0 Å². The van der Waals surface area contributed by atoms with E-state index < -0.39 is 27.6 Å². The molecule has 104 valence electrons. The summed E-state index contributed by atoms with van der Waals surface area (Å²) in [7, 11) is -1.60. The molecule has 1 rings (SSSR count). The minimum absolute atomic E-state index is 0.0975. The van der Waals surface area contributed by atoms with Crippen molar-refractivity contribution in [2.24, 2.45) is 11.8 Å². The summed E-state index contributed by atoms with van der Waals surface area (Å²) in [6.45, 7) is 0.112. The van der Waals surface area contributed by atoms with Crippen molar-refractivity contribution >= 4 is 21.7 Å². The molecule has 0 heterocycles. The van der Waals surface area contributed by atoms with E-state index in [1.165, 1.54) is 11.9 Å². The first-order chi connectivity index (χ1) is 8.22. The summed E-state index contributed by atoms with van der Waals surface area (Å²) < 4.78 is 22.0. The van der Waals surface area contributed by atoms with Crippen molar-refractivity contribution in [3.05, 3.63) is 0 Å². The van der Waals surface area contributed by atoms with Crippen LogP contribution < -0.4 is 0 Å². The molecular weight excluding hydrogens is 258 g/mol. The molecule has 1 saturated carbocycles. The van der Waals surface area contributed by atoms with Gasteiger partial charge in [0.2, 0.25) is 5.91 Å². The zero-order valence-electron chi connectivity index (χ0n) is 10.6. The minimum Gasteiger partial charge on any atom is -0.481 e. The standard InChI is InChI=1S/C11H19NO5S/c1-12(6-7-18(2,16)17)10(13)8-4-3-5-9(8)11(14)15/h8-9H,3-7H2,1-2H3,(H,14,15)/t8-,9+/m1/s1. The van der Waals surface area contributed by atoms with Gasteiger partial charge in [-0.2, -0.15) is 0 Å². The number of sulfone groups is 1. The SMILES string of the molecule is CN(CCS(C)(=O)=O)C(=O)[C@@H]1CCC[C@@H]1C(=O)O. The second-order valence-electron chi connectivity index (χ2n) is 4.87. The lowest BCUT2D eigenvalue weighted by Crippen LogP contribution is -2.39. The summed E-state index contributed by atoms with van der Waals surface area (Å²) in [6, 6.07) is 0. The van der Waals surface area contributed by atoms with Gasteiger partial charge in [0.05, 0.1) is 17.6 Å². The van der Waals surface area contributed by atoms with E-state index in [4.69, 9.17) is 5.11 Å². The first-order valence-corrected chi connectivity index (χ1v) is 7.94. The Kier molecular flexibility index (Phi) is 4.72. The maximum atomic E-state index is 12.0. The topological polar surface area (TPSA) is 91.8 Å². The molecule has 0 aromatic rings. The molecule has 1 amide bonds. The molecule has 1 N–H and O–H groups in total. The summed E-state index contributed by atoms with van der Waals surface area (Å²) in [5.41, 5.74) is 0. The van der Waals surface area contributed by atoms with Crippen LogP contribution in [0.3, 0.4) is 0 Å². The highest BCUT2D eigenvalue weighted by Crippen LogP contribution is 2.33. The van der Waals surface area contributed by atoms with Gasteiger partial charge < -0.3 is 10.0 Å². The Morgan fingerprint density at radius 1 is 1.28 bits per heavy atom. The van der Waals surface area contributed by atoms with E-state index in [-0.39, 0.29) is 18.2 Å². The fraction of sp³-hybridized carbons (Fsp3) is 0.818. The second-order valence-corrected chi connectivity index (χ2v) is 7.13. The molecule has 1 aliphatic carbocycles. The molecule has 0 saturated heterocycles. The monoisotopic (exact) mass is 277 g/mol. The van der Waals surface area contributed by atoms with Crippen LogP contribution in [-0.4, -0.2) is 55.9 Å². The summed E-state index contributed by atoms with van der Waals surface area (Å²) in [5, 5.41) is 9.01. The average molecular weight is 277 g/mol. The van der Waals surface area contributed by atoms with Crippen molar-refractivity contribution in [1.29, 1.82) is 0 Å².